The van der Waals surface area contributed by atoms with Crippen LogP contribution in [0.4, 0.5) is 10.5 Å². The number of likely N-dealkylation sites (tertiary alicyclic amines) is 1. The highest BCUT2D eigenvalue weighted by atomic mass is 16.2. The molecule has 6 heteroatoms. The second-order valence-corrected chi connectivity index (χ2v) is 10.5. The van der Waals surface area contributed by atoms with Gasteiger partial charge >= 0.3 is 6.03 Å². The van der Waals surface area contributed by atoms with Crippen LogP contribution in [0.1, 0.15) is 96.5 Å². The van der Waals surface area contributed by atoms with Crippen molar-refractivity contribution in [2.24, 2.45) is 18.9 Å². The zero-order valence-corrected chi connectivity index (χ0v) is 22.7. The minimum atomic E-state index is -0.108. The van der Waals surface area contributed by atoms with Crippen LogP contribution in [0, 0.1) is 23.2 Å². The summed E-state index contributed by atoms with van der Waals surface area (Å²) in [5.41, 5.74) is 3.41. The van der Waals surface area contributed by atoms with Crippen molar-refractivity contribution in [1.29, 1.82) is 5.26 Å². The number of rotatable bonds is 8. The molecule has 2 aromatic rings. The molecule has 4 rings (SSSR count). The summed E-state index contributed by atoms with van der Waals surface area (Å²) in [6.45, 7) is 7.61. The van der Waals surface area contributed by atoms with E-state index < -0.39 is 0 Å². The van der Waals surface area contributed by atoms with Crippen LogP contribution in [0.15, 0.2) is 24.4 Å². The monoisotopic (exact) mass is 492 g/mol. The highest BCUT2D eigenvalue weighted by Crippen LogP contribution is 2.35. The highest BCUT2D eigenvalue weighted by Gasteiger charge is 2.26. The van der Waals surface area contributed by atoms with E-state index in [0.29, 0.717) is 30.7 Å². The lowest BCUT2D eigenvalue weighted by Crippen LogP contribution is -2.32. The number of hydrogen-bond donors (Lipinski definition) is 1. The minimum absolute atomic E-state index is 0.0391. The summed E-state index contributed by atoms with van der Waals surface area (Å²) in [7, 11) is 2.09. The molecule has 0 spiro atoms. The van der Waals surface area contributed by atoms with E-state index in [1.807, 2.05) is 13.0 Å². The highest BCUT2D eigenvalue weighted by molar-refractivity contribution is 5.94. The standard InChI is InChI=1S/C22H30N4O.C8H14O/c1-4-6-17(7-5-2)20-15-25(3)21-9-8-18(12-19(20)21)24-22(27)26-11-10-16(13-23)14-26;1-2-8(9)7-5-3-4-6-7/h8-9,12,15-17H,4-7,10-11,14H2,1-3H3,(H,24,27);7H,2-6H2,1H3. The number of ketones is 1. The number of Topliss-reactive ketones (excluding diaryl/α,β-unsaturated/α-hetero) is 1. The van der Waals surface area contributed by atoms with Crippen molar-refractivity contribution in [3.05, 3.63) is 30.0 Å². The van der Waals surface area contributed by atoms with Gasteiger partial charge in [0.15, 0.2) is 0 Å². The molecule has 2 amide bonds. The van der Waals surface area contributed by atoms with Gasteiger partial charge in [-0.05, 0) is 61.8 Å². The van der Waals surface area contributed by atoms with Gasteiger partial charge in [-0.15, -0.1) is 0 Å². The molecule has 0 radical (unpaired) electrons. The molecule has 1 atom stereocenters. The van der Waals surface area contributed by atoms with Crippen molar-refractivity contribution < 1.29 is 9.59 Å². The normalized spacial score (nSPS) is 17.8. The molecule has 1 saturated carbocycles. The molecule has 2 heterocycles. The maximum Gasteiger partial charge on any atom is 0.321 e. The van der Waals surface area contributed by atoms with E-state index in [-0.39, 0.29) is 11.9 Å². The fourth-order valence-electron chi connectivity index (χ4n) is 5.77. The number of carbonyl (C=O) groups excluding carboxylic acids is 2. The number of nitrogens with one attached hydrogen (secondary N) is 1. The second-order valence-electron chi connectivity index (χ2n) is 10.5. The van der Waals surface area contributed by atoms with E-state index >= 15 is 0 Å². The molecule has 6 nitrogen and oxygen atoms in total. The summed E-state index contributed by atoms with van der Waals surface area (Å²) in [5.74, 6) is 1.44. The van der Waals surface area contributed by atoms with E-state index in [2.05, 4.69) is 55.2 Å². The first-order valence-corrected chi connectivity index (χ1v) is 14.0. The van der Waals surface area contributed by atoms with E-state index in [1.54, 1.807) is 4.90 Å². The van der Waals surface area contributed by atoms with Crippen molar-refractivity contribution in [2.45, 2.75) is 90.9 Å². The zero-order chi connectivity index (χ0) is 26.1. The summed E-state index contributed by atoms with van der Waals surface area (Å²) < 4.78 is 2.19. The molecule has 2 aliphatic rings. The molecule has 0 bridgehead atoms. The first kappa shape index (κ1) is 27.8. The van der Waals surface area contributed by atoms with Crippen molar-refractivity contribution in [1.82, 2.24) is 9.47 Å². The third-order valence-corrected chi connectivity index (χ3v) is 7.80. The Morgan fingerprint density at radius 2 is 1.81 bits per heavy atom. The molecule has 1 aromatic carbocycles. The van der Waals surface area contributed by atoms with Gasteiger partial charge in [-0.25, -0.2) is 4.79 Å². The third-order valence-electron chi connectivity index (χ3n) is 7.80. The van der Waals surface area contributed by atoms with Crippen LogP contribution in [0.2, 0.25) is 0 Å². The number of hydrogen-bond acceptors (Lipinski definition) is 3. The number of fused-ring (bicyclic) bond motifs is 1. The molecular weight excluding hydrogens is 448 g/mol. The Labute approximate surface area is 217 Å². The number of nitrogens with zero attached hydrogens (tertiary/aromatic N) is 3. The molecule has 36 heavy (non-hydrogen) atoms. The average Bonchev–Trinajstić information content (AvgIpc) is 3.64. The Morgan fingerprint density at radius 3 is 2.39 bits per heavy atom. The van der Waals surface area contributed by atoms with Crippen molar-refractivity contribution in [2.75, 3.05) is 18.4 Å². The molecule has 2 fully saturated rings. The van der Waals surface area contributed by atoms with Crippen molar-refractivity contribution in [3.63, 3.8) is 0 Å². The van der Waals surface area contributed by atoms with Crippen LogP contribution in [0.25, 0.3) is 10.9 Å². The Kier molecular flexibility index (Phi) is 10.4. The van der Waals surface area contributed by atoms with Gasteiger partial charge in [0.1, 0.15) is 5.78 Å². The van der Waals surface area contributed by atoms with Gasteiger partial charge in [-0.3, -0.25) is 4.79 Å². The van der Waals surface area contributed by atoms with Crippen LogP contribution in [0.3, 0.4) is 0 Å². The van der Waals surface area contributed by atoms with Gasteiger partial charge in [0.2, 0.25) is 0 Å². The van der Waals surface area contributed by atoms with E-state index in [4.69, 9.17) is 5.26 Å². The first-order valence-electron chi connectivity index (χ1n) is 14.0. The lowest BCUT2D eigenvalue weighted by molar-refractivity contribution is -0.122. The summed E-state index contributed by atoms with van der Waals surface area (Å²) in [4.78, 5) is 25.3. The predicted octanol–water partition coefficient (Wildman–Crippen LogP) is 7.40. The summed E-state index contributed by atoms with van der Waals surface area (Å²) in [6.07, 6.45) is 13.3. The fourth-order valence-corrected chi connectivity index (χ4v) is 5.77. The van der Waals surface area contributed by atoms with Gasteiger partial charge in [0.05, 0.1) is 12.0 Å². The number of urea groups is 1. The molecular formula is C30H44N4O2. The maximum atomic E-state index is 12.5. The molecule has 1 N–H and O–H groups in total. The van der Waals surface area contributed by atoms with Crippen molar-refractivity contribution >= 4 is 28.4 Å². The summed E-state index contributed by atoms with van der Waals surface area (Å²) in [5, 5.41) is 13.3. The summed E-state index contributed by atoms with van der Waals surface area (Å²) >= 11 is 0. The van der Waals surface area contributed by atoms with Crippen LogP contribution >= 0.6 is 0 Å². The molecule has 196 valence electrons. The lowest BCUT2D eigenvalue weighted by Gasteiger charge is -2.17. The van der Waals surface area contributed by atoms with Gasteiger partial charge in [0.25, 0.3) is 0 Å². The van der Waals surface area contributed by atoms with Gasteiger partial charge in [0, 0.05) is 55.3 Å². The number of aryl methyl sites for hydroxylation is 1. The van der Waals surface area contributed by atoms with Crippen LogP contribution in [-0.2, 0) is 11.8 Å². The molecule has 1 unspecified atom stereocenters. The molecule has 1 aromatic heterocycles. The maximum absolute atomic E-state index is 12.5. The number of carbonyl (C=O) groups is 2. The predicted molar refractivity (Wildman–Crippen MR) is 147 cm³/mol. The van der Waals surface area contributed by atoms with E-state index in [0.717, 1.165) is 31.4 Å². The van der Waals surface area contributed by atoms with Crippen LogP contribution < -0.4 is 5.32 Å². The number of benzene rings is 1. The molecule has 1 saturated heterocycles. The third kappa shape index (κ3) is 6.90. The Morgan fingerprint density at radius 1 is 1.11 bits per heavy atom. The van der Waals surface area contributed by atoms with E-state index in [1.165, 1.54) is 55.0 Å². The Balaban J connectivity index is 0.000000338. The SMILES string of the molecule is CCC(=O)C1CCCC1.CCCC(CCC)c1cn(C)c2ccc(NC(=O)N3CCC(C#N)C3)cc12. The van der Waals surface area contributed by atoms with Gasteiger partial charge in [-0.2, -0.15) is 5.26 Å². The van der Waals surface area contributed by atoms with Crippen LogP contribution in [0.5, 0.6) is 0 Å². The number of anilines is 1. The quantitative estimate of drug-likeness (QED) is 0.417. The van der Waals surface area contributed by atoms with E-state index in [9.17, 15) is 9.59 Å². The minimum Gasteiger partial charge on any atom is -0.350 e. The topological polar surface area (TPSA) is 78.1 Å². The smallest absolute Gasteiger partial charge is 0.321 e. The first-order chi connectivity index (χ1) is 17.4. The number of aromatic nitrogens is 1. The van der Waals surface area contributed by atoms with Gasteiger partial charge < -0.3 is 14.8 Å². The number of nitriles is 1. The Bertz CT molecular complexity index is 1050. The summed E-state index contributed by atoms with van der Waals surface area (Å²) in [6, 6.07) is 8.32. The zero-order valence-electron chi connectivity index (χ0n) is 22.7. The average molecular weight is 493 g/mol. The van der Waals surface area contributed by atoms with Crippen molar-refractivity contribution in [3.8, 4) is 6.07 Å². The fraction of sp³-hybridized carbons (Fsp3) is 0.633. The number of amides is 2. The molecule has 1 aliphatic heterocycles. The van der Waals surface area contributed by atoms with Gasteiger partial charge in [-0.1, -0.05) is 46.5 Å². The lowest BCUT2D eigenvalue weighted by atomic mass is 9.90. The second kappa shape index (κ2) is 13.5. The Hall–Kier alpha value is -2.81. The largest absolute Gasteiger partial charge is 0.350 e. The van der Waals surface area contributed by atoms with Crippen LogP contribution in [-0.4, -0.2) is 34.4 Å². The molecule has 1 aliphatic carbocycles.